The highest BCUT2D eigenvalue weighted by atomic mass is 19.1. The summed E-state index contributed by atoms with van der Waals surface area (Å²) in [6, 6.07) is 8.31. The smallest absolute Gasteiger partial charge is 0.129 e. The minimum absolute atomic E-state index is 0.131. The van der Waals surface area contributed by atoms with Crippen molar-refractivity contribution in [2.75, 3.05) is 0 Å². The van der Waals surface area contributed by atoms with Gasteiger partial charge in [0.05, 0.1) is 5.69 Å². The van der Waals surface area contributed by atoms with Gasteiger partial charge in [0.15, 0.2) is 0 Å². The van der Waals surface area contributed by atoms with E-state index in [1.54, 1.807) is 18.3 Å². The third-order valence-corrected chi connectivity index (χ3v) is 2.65. The quantitative estimate of drug-likeness (QED) is 0.900. The van der Waals surface area contributed by atoms with Crippen LogP contribution < -0.4 is 5.73 Å². The molecule has 2 rings (SSSR count). The van der Waals surface area contributed by atoms with Crippen LogP contribution in [0.25, 0.3) is 11.3 Å². The van der Waals surface area contributed by atoms with Crippen LogP contribution in [0.2, 0.25) is 0 Å². The Morgan fingerprint density at radius 3 is 2.89 bits per heavy atom. The number of hydrogen-bond acceptors (Lipinski definition) is 3. The lowest BCUT2D eigenvalue weighted by Gasteiger charge is -2.06. The molecule has 0 radical (unpaired) electrons. The summed E-state index contributed by atoms with van der Waals surface area (Å²) in [5, 5.41) is 0. The highest BCUT2D eigenvalue weighted by Crippen LogP contribution is 2.17. The van der Waals surface area contributed by atoms with Crippen molar-refractivity contribution in [1.29, 1.82) is 0 Å². The molecule has 0 aliphatic heterocycles. The van der Waals surface area contributed by atoms with Crippen LogP contribution in [-0.4, -0.2) is 16.0 Å². The molecule has 1 unspecified atom stereocenters. The molecule has 0 bridgehead atoms. The number of aromatic nitrogens is 2. The Kier molecular flexibility index (Phi) is 3.99. The molecule has 0 aliphatic carbocycles. The maximum absolute atomic E-state index is 13.1. The lowest BCUT2D eigenvalue weighted by Crippen LogP contribution is -2.16. The largest absolute Gasteiger partial charge is 0.328 e. The first-order valence-corrected chi connectivity index (χ1v) is 5.98. The van der Waals surface area contributed by atoms with E-state index in [2.05, 4.69) is 9.97 Å². The minimum Gasteiger partial charge on any atom is -0.328 e. The van der Waals surface area contributed by atoms with E-state index in [-0.39, 0.29) is 11.9 Å². The number of halogens is 1. The summed E-state index contributed by atoms with van der Waals surface area (Å²) in [6.45, 7) is 1.95. The summed E-state index contributed by atoms with van der Waals surface area (Å²) < 4.78 is 13.1. The van der Waals surface area contributed by atoms with Crippen LogP contribution in [0.5, 0.6) is 0 Å². The molecule has 4 heteroatoms. The predicted octanol–water partition coefficient (Wildman–Crippen LogP) is 2.56. The molecule has 3 nitrogen and oxygen atoms in total. The lowest BCUT2D eigenvalue weighted by molar-refractivity contribution is 0.628. The molecule has 2 aromatic rings. The van der Waals surface area contributed by atoms with Gasteiger partial charge in [-0.3, -0.25) is 0 Å². The summed E-state index contributed by atoms with van der Waals surface area (Å²) in [7, 11) is 0. The van der Waals surface area contributed by atoms with Crippen molar-refractivity contribution in [2.24, 2.45) is 5.73 Å². The molecule has 1 aromatic heterocycles. The zero-order valence-corrected chi connectivity index (χ0v) is 10.3. The Bertz CT molecular complexity index is 526. The molecule has 0 aliphatic rings. The van der Waals surface area contributed by atoms with Crippen LogP contribution in [0.1, 0.15) is 19.2 Å². The van der Waals surface area contributed by atoms with E-state index in [4.69, 9.17) is 5.73 Å². The predicted molar refractivity (Wildman–Crippen MR) is 69.4 cm³/mol. The maximum Gasteiger partial charge on any atom is 0.129 e. The van der Waals surface area contributed by atoms with Gasteiger partial charge in [-0.1, -0.05) is 12.1 Å². The average molecular weight is 245 g/mol. The van der Waals surface area contributed by atoms with Gasteiger partial charge in [0.1, 0.15) is 11.6 Å². The van der Waals surface area contributed by atoms with E-state index in [9.17, 15) is 4.39 Å². The van der Waals surface area contributed by atoms with Crippen molar-refractivity contribution >= 4 is 0 Å². The Morgan fingerprint density at radius 2 is 2.17 bits per heavy atom. The van der Waals surface area contributed by atoms with Gasteiger partial charge in [-0.25, -0.2) is 14.4 Å². The molecule has 0 amide bonds. The van der Waals surface area contributed by atoms with E-state index < -0.39 is 0 Å². The van der Waals surface area contributed by atoms with Crippen molar-refractivity contribution in [3.05, 3.63) is 48.2 Å². The standard InChI is InChI=1S/C14H16FN3/c1-10(16)5-6-14-17-8-7-13(18-14)11-3-2-4-12(15)9-11/h2-4,7-10H,5-6,16H2,1H3. The van der Waals surface area contributed by atoms with Gasteiger partial charge in [-0.05, 0) is 31.5 Å². The number of hydrogen-bond donors (Lipinski definition) is 1. The first-order valence-electron chi connectivity index (χ1n) is 5.98. The first kappa shape index (κ1) is 12.6. The zero-order chi connectivity index (χ0) is 13.0. The van der Waals surface area contributed by atoms with Crippen LogP contribution in [-0.2, 0) is 6.42 Å². The summed E-state index contributed by atoms with van der Waals surface area (Å²) in [5.41, 5.74) is 7.21. The van der Waals surface area contributed by atoms with Crippen molar-refractivity contribution < 1.29 is 4.39 Å². The Morgan fingerprint density at radius 1 is 1.33 bits per heavy atom. The zero-order valence-electron chi connectivity index (χ0n) is 10.3. The van der Waals surface area contributed by atoms with Gasteiger partial charge in [0.2, 0.25) is 0 Å². The molecule has 2 N–H and O–H groups in total. The molecule has 1 heterocycles. The van der Waals surface area contributed by atoms with Crippen molar-refractivity contribution in [3.63, 3.8) is 0 Å². The Labute approximate surface area is 106 Å². The average Bonchev–Trinajstić information content (AvgIpc) is 2.37. The van der Waals surface area contributed by atoms with E-state index in [1.807, 2.05) is 13.0 Å². The molecule has 1 aromatic carbocycles. The van der Waals surface area contributed by atoms with Gasteiger partial charge in [0.25, 0.3) is 0 Å². The topological polar surface area (TPSA) is 51.8 Å². The third kappa shape index (κ3) is 3.34. The molecule has 18 heavy (non-hydrogen) atoms. The van der Waals surface area contributed by atoms with Crippen molar-refractivity contribution in [3.8, 4) is 11.3 Å². The molecule has 1 atom stereocenters. The Balaban J connectivity index is 2.21. The van der Waals surface area contributed by atoms with Crippen molar-refractivity contribution in [2.45, 2.75) is 25.8 Å². The highest BCUT2D eigenvalue weighted by molar-refractivity contribution is 5.58. The first-order chi connectivity index (χ1) is 8.65. The molecule has 94 valence electrons. The second kappa shape index (κ2) is 5.69. The second-order valence-electron chi connectivity index (χ2n) is 4.38. The summed E-state index contributed by atoms with van der Waals surface area (Å²) >= 11 is 0. The van der Waals surface area contributed by atoms with Crippen LogP contribution in [0.3, 0.4) is 0 Å². The monoisotopic (exact) mass is 245 g/mol. The van der Waals surface area contributed by atoms with E-state index >= 15 is 0 Å². The van der Waals surface area contributed by atoms with Gasteiger partial charge < -0.3 is 5.73 Å². The minimum atomic E-state index is -0.261. The van der Waals surface area contributed by atoms with Crippen LogP contribution in [0.4, 0.5) is 4.39 Å². The third-order valence-electron chi connectivity index (χ3n) is 2.65. The van der Waals surface area contributed by atoms with Gasteiger partial charge in [-0.15, -0.1) is 0 Å². The fourth-order valence-corrected chi connectivity index (χ4v) is 1.68. The van der Waals surface area contributed by atoms with Gasteiger partial charge in [0, 0.05) is 24.2 Å². The number of nitrogens with zero attached hydrogens (tertiary/aromatic N) is 2. The molecular weight excluding hydrogens is 229 g/mol. The maximum atomic E-state index is 13.1. The molecule has 0 spiro atoms. The summed E-state index contributed by atoms with van der Waals surface area (Å²) in [4.78, 5) is 8.62. The van der Waals surface area contributed by atoms with E-state index in [1.165, 1.54) is 12.1 Å². The number of aryl methyl sites for hydroxylation is 1. The Hall–Kier alpha value is -1.81. The number of rotatable bonds is 4. The second-order valence-corrected chi connectivity index (χ2v) is 4.38. The normalized spacial score (nSPS) is 12.4. The van der Waals surface area contributed by atoms with E-state index in [0.717, 1.165) is 29.9 Å². The highest BCUT2D eigenvalue weighted by Gasteiger charge is 2.04. The lowest BCUT2D eigenvalue weighted by atomic mass is 10.1. The van der Waals surface area contributed by atoms with Gasteiger partial charge in [-0.2, -0.15) is 0 Å². The van der Waals surface area contributed by atoms with Crippen molar-refractivity contribution in [1.82, 2.24) is 9.97 Å². The molecule has 0 fully saturated rings. The molecule has 0 saturated heterocycles. The van der Waals surface area contributed by atoms with Gasteiger partial charge >= 0.3 is 0 Å². The summed E-state index contributed by atoms with van der Waals surface area (Å²) in [5.74, 6) is 0.484. The van der Waals surface area contributed by atoms with Crippen LogP contribution >= 0.6 is 0 Å². The molecular formula is C14H16FN3. The molecule has 0 saturated carbocycles. The SMILES string of the molecule is CC(N)CCc1nccc(-c2cccc(F)c2)n1. The number of benzene rings is 1. The van der Waals surface area contributed by atoms with E-state index in [0.29, 0.717) is 0 Å². The number of nitrogens with two attached hydrogens (primary N) is 1. The van der Waals surface area contributed by atoms with Crippen LogP contribution in [0.15, 0.2) is 36.5 Å². The fraction of sp³-hybridized carbons (Fsp3) is 0.286. The fourth-order valence-electron chi connectivity index (χ4n) is 1.68. The van der Waals surface area contributed by atoms with Crippen LogP contribution in [0, 0.1) is 5.82 Å². The summed E-state index contributed by atoms with van der Waals surface area (Å²) in [6.07, 6.45) is 3.27.